The Kier molecular flexibility index (Phi) is 3.79. The Morgan fingerprint density at radius 3 is 2.50 bits per heavy atom. The summed E-state index contributed by atoms with van der Waals surface area (Å²) in [7, 11) is 0. The molecule has 0 atom stereocenters. The van der Waals surface area contributed by atoms with E-state index in [1.807, 2.05) is 17.7 Å². The highest BCUT2D eigenvalue weighted by molar-refractivity contribution is 5.67. The number of rotatable bonds is 3. The third-order valence-electron chi connectivity index (χ3n) is 3.46. The van der Waals surface area contributed by atoms with Gasteiger partial charge in [-0.2, -0.15) is 0 Å². The summed E-state index contributed by atoms with van der Waals surface area (Å²) in [6, 6.07) is 4.04. The fraction of sp³-hybridized carbons (Fsp3) is 0.533. The van der Waals surface area contributed by atoms with Crippen LogP contribution in [0.15, 0.2) is 12.1 Å². The molecule has 2 N–H and O–H groups in total. The number of nitrogens with zero attached hydrogens (tertiary/aromatic N) is 4. The molecule has 2 rings (SSSR count). The lowest BCUT2D eigenvalue weighted by Gasteiger charge is -2.18. The molecule has 0 bridgehead atoms. The number of aryl methyl sites for hydroxylation is 3. The third kappa shape index (κ3) is 3.15. The largest absolute Gasteiger partial charge is 0.398 e. The molecule has 0 saturated heterocycles. The van der Waals surface area contributed by atoms with Crippen molar-refractivity contribution >= 4 is 5.69 Å². The molecule has 0 aliphatic heterocycles. The van der Waals surface area contributed by atoms with Crippen LogP contribution in [-0.4, -0.2) is 20.2 Å². The summed E-state index contributed by atoms with van der Waals surface area (Å²) in [6.45, 7) is 11.5. The lowest BCUT2D eigenvalue weighted by Crippen LogP contribution is -2.12. The molecule has 0 aliphatic rings. The van der Waals surface area contributed by atoms with E-state index in [4.69, 9.17) is 5.73 Å². The second-order valence-electron chi connectivity index (χ2n) is 6.56. The monoisotopic (exact) mass is 273 g/mol. The van der Waals surface area contributed by atoms with Crippen LogP contribution in [0.5, 0.6) is 0 Å². The van der Waals surface area contributed by atoms with Crippen molar-refractivity contribution in [2.45, 2.75) is 47.6 Å². The topological polar surface area (TPSA) is 69.6 Å². The van der Waals surface area contributed by atoms with Crippen molar-refractivity contribution in [2.75, 3.05) is 5.73 Å². The first-order valence-corrected chi connectivity index (χ1v) is 6.91. The van der Waals surface area contributed by atoms with Gasteiger partial charge in [0.1, 0.15) is 0 Å². The molecule has 20 heavy (non-hydrogen) atoms. The van der Waals surface area contributed by atoms with E-state index in [-0.39, 0.29) is 5.41 Å². The van der Waals surface area contributed by atoms with Gasteiger partial charge in [0.2, 0.25) is 0 Å². The van der Waals surface area contributed by atoms with E-state index in [0.29, 0.717) is 0 Å². The number of nitrogens with two attached hydrogens (primary N) is 1. The number of benzene rings is 1. The Morgan fingerprint density at radius 2 is 1.85 bits per heavy atom. The average Bonchev–Trinajstić information content (AvgIpc) is 2.78. The van der Waals surface area contributed by atoms with Crippen LogP contribution in [0.3, 0.4) is 0 Å². The van der Waals surface area contributed by atoms with Crippen LogP contribution >= 0.6 is 0 Å². The van der Waals surface area contributed by atoms with E-state index >= 15 is 0 Å². The van der Waals surface area contributed by atoms with Gasteiger partial charge in [0.05, 0.1) is 0 Å². The van der Waals surface area contributed by atoms with Crippen molar-refractivity contribution in [2.24, 2.45) is 5.41 Å². The predicted octanol–water partition coefficient (Wildman–Crippen LogP) is 2.98. The highest BCUT2D eigenvalue weighted by atomic mass is 15.5. The van der Waals surface area contributed by atoms with Crippen LogP contribution in [0.25, 0.3) is 11.4 Å². The van der Waals surface area contributed by atoms with Gasteiger partial charge < -0.3 is 5.73 Å². The maximum absolute atomic E-state index is 6.01. The summed E-state index contributed by atoms with van der Waals surface area (Å²) >= 11 is 0. The Bertz CT molecular complexity index is 607. The molecule has 2 aromatic rings. The fourth-order valence-corrected chi connectivity index (χ4v) is 2.10. The SMILES string of the molecule is Cc1cc(C)c(-c2nnnn2CCC(C)(C)C)cc1N. The first-order chi connectivity index (χ1) is 9.28. The lowest BCUT2D eigenvalue weighted by atomic mass is 9.92. The molecule has 1 aromatic carbocycles. The van der Waals surface area contributed by atoms with Gasteiger partial charge in [-0.3, -0.25) is 0 Å². The number of hydrogen-bond acceptors (Lipinski definition) is 4. The Balaban J connectivity index is 2.35. The van der Waals surface area contributed by atoms with E-state index in [0.717, 1.165) is 41.2 Å². The summed E-state index contributed by atoms with van der Waals surface area (Å²) in [5, 5.41) is 12.1. The Morgan fingerprint density at radius 1 is 1.15 bits per heavy atom. The van der Waals surface area contributed by atoms with Gasteiger partial charge in [0.25, 0.3) is 0 Å². The van der Waals surface area contributed by atoms with Crippen LogP contribution < -0.4 is 5.73 Å². The van der Waals surface area contributed by atoms with Crippen molar-refractivity contribution < 1.29 is 0 Å². The lowest BCUT2D eigenvalue weighted by molar-refractivity contribution is 0.340. The van der Waals surface area contributed by atoms with Crippen LogP contribution in [0.1, 0.15) is 38.3 Å². The number of aromatic nitrogens is 4. The predicted molar refractivity (Wildman–Crippen MR) is 81.2 cm³/mol. The van der Waals surface area contributed by atoms with Crippen LogP contribution in [-0.2, 0) is 6.54 Å². The first kappa shape index (κ1) is 14.5. The van der Waals surface area contributed by atoms with Gasteiger partial charge in [-0.25, -0.2) is 4.68 Å². The Hall–Kier alpha value is -1.91. The maximum Gasteiger partial charge on any atom is 0.182 e. The number of anilines is 1. The van der Waals surface area contributed by atoms with Crippen molar-refractivity contribution in [3.63, 3.8) is 0 Å². The Labute approximate surface area is 120 Å². The molecule has 5 heteroatoms. The molecule has 0 fully saturated rings. The molecule has 5 nitrogen and oxygen atoms in total. The van der Waals surface area contributed by atoms with Crippen molar-refractivity contribution in [3.8, 4) is 11.4 Å². The van der Waals surface area contributed by atoms with Gasteiger partial charge in [-0.1, -0.05) is 26.8 Å². The molecule has 0 saturated carbocycles. The molecular formula is C15H23N5. The molecule has 1 heterocycles. The maximum atomic E-state index is 6.01. The van der Waals surface area contributed by atoms with E-state index < -0.39 is 0 Å². The minimum absolute atomic E-state index is 0.255. The summed E-state index contributed by atoms with van der Waals surface area (Å²) < 4.78 is 1.86. The standard InChI is InChI=1S/C15H23N5/c1-10-8-11(2)13(16)9-12(10)14-17-18-19-20(14)7-6-15(3,4)5/h8-9H,6-7,16H2,1-5H3. The molecule has 1 aromatic heterocycles. The highest BCUT2D eigenvalue weighted by Gasteiger charge is 2.16. The summed E-state index contributed by atoms with van der Waals surface area (Å²) in [5.41, 5.74) is 10.3. The fourth-order valence-electron chi connectivity index (χ4n) is 2.10. The molecule has 0 amide bonds. The van der Waals surface area contributed by atoms with Crippen LogP contribution in [0, 0.1) is 19.3 Å². The second kappa shape index (κ2) is 5.23. The van der Waals surface area contributed by atoms with Gasteiger partial charge in [-0.15, -0.1) is 5.10 Å². The second-order valence-corrected chi connectivity index (χ2v) is 6.56. The quantitative estimate of drug-likeness (QED) is 0.873. The summed E-state index contributed by atoms with van der Waals surface area (Å²) in [5.74, 6) is 0.790. The number of tetrazole rings is 1. The third-order valence-corrected chi connectivity index (χ3v) is 3.46. The normalized spacial score (nSPS) is 11.8. The van der Waals surface area contributed by atoms with E-state index in [9.17, 15) is 0 Å². The molecule has 0 aliphatic carbocycles. The number of nitrogen functional groups attached to an aromatic ring is 1. The van der Waals surface area contributed by atoms with Gasteiger partial charge in [0.15, 0.2) is 5.82 Å². The smallest absolute Gasteiger partial charge is 0.182 e. The van der Waals surface area contributed by atoms with Crippen LogP contribution in [0.2, 0.25) is 0 Å². The van der Waals surface area contributed by atoms with Crippen molar-refractivity contribution in [3.05, 3.63) is 23.3 Å². The number of hydrogen-bond donors (Lipinski definition) is 1. The zero-order chi connectivity index (χ0) is 14.9. The van der Waals surface area contributed by atoms with E-state index in [1.165, 1.54) is 0 Å². The van der Waals surface area contributed by atoms with E-state index in [2.05, 4.69) is 49.3 Å². The van der Waals surface area contributed by atoms with Gasteiger partial charge >= 0.3 is 0 Å². The molecule has 0 radical (unpaired) electrons. The van der Waals surface area contributed by atoms with Crippen LogP contribution in [0.4, 0.5) is 5.69 Å². The summed E-state index contributed by atoms with van der Waals surface area (Å²) in [4.78, 5) is 0. The molecular weight excluding hydrogens is 250 g/mol. The van der Waals surface area contributed by atoms with Gasteiger partial charge in [-0.05, 0) is 53.3 Å². The molecule has 108 valence electrons. The minimum atomic E-state index is 0.255. The molecule has 0 spiro atoms. The first-order valence-electron chi connectivity index (χ1n) is 6.91. The van der Waals surface area contributed by atoms with Gasteiger partial charge in [0, 0.05) is 17.8 Å². The minimum Gasteiger partial charge on any atom is -0.398 e. The highest BCUT2D eigenvalue weighted by Crippen LogP contribution is 2.27. The van der Waals surface area contributed by atoms with Crippen molar-refractivity contribution in [1.29, 1.82) is 0 Å². The average molecular weight is 273 g/mol. The van der Waals surface area contributed by atoms with E-state index in [1.54, 1.807) is 0 Å². The zero-order valence-corrected chi connectivity index (χ0v) is 12.9. The zero-order valence-electron chi connectivity index (χ0n) is 12.9. The molecule has 0 unspecified atom stereocenters. The summed E-state index contributed by atoms with van der Waals surface area (Å²) in [6.07, 6.45) is 1.02. The van der Waals surface area contributed by atoms with Crippen molar-refractivity contribution in [1.82, 2.24) is 20.2 Å².